The van der Waals surface area contributed by atoms with Gasteiger partial charge in [0.2, 0.25) is 5.91 Å². The molecule has 2 heterocycles. The van der Waals surface area contributed by atoms with Gasteiger partial charge < -0.3 is 4.90 Å². The molecule has 1 saturated heterocycles. The first-order chi connectivity index (χ1) is 7.58. The lowest BCUT2D eigenvalue weighted by molar-refractivity contribution is -0.133. The summed E-state index contributed by atoms with van der Waals surface area (Å²) < 4.78 is 1.80. The number of carbonyl (C=O) groups is 1. The molecule has 4 nitrogen and oxygen atoms in total. The third-order valence-electron chi connectivity index (χ3n) is 2.94. The van der Waals surface area contributed by atoms with Gasteiger partial charge >= 0.3 is 0 Å². The molecule has 1 aromatic heterocycles. The van der Waals surface area contributed by atoms with Crippen molar-refractivity contribution in [1.82, 2.24) is 14.7 Å². The Labute approximate surface area is 104 Å². The second-order valence-electron chi connectivity index (χ2n) is 4.28. The van der Waals surface area contributed by atoms with Gasteiger partial charge in [0, 0.05) is 31.9 Å². The van der Waals surface area contributed by atoms with Crippen LogP contribution in [0.1, 0.15) is 24.1 Å². The fraction of sp³-hybridized carbons (Fsp3) is 0.636. The fourth-order valence-electron chi connectivity index (χ4n) is 2.06. The van der Waals surface area contributed by atoms with Crippen molar-refractivity contribution in [1.29, 1.82) is 0 Å². The van der Waals surface area contributed by atoms with E-state index in [4.69, 9.17) is 0 Å². The van der Waals surface area contributed by atoms with Crippen molar-refractivity contribution in [2.75, 3.05) is 6.54 Å². The second kappa shape index (κ2) is 4.57. The van der Waals surface area contributed by atoms with E-state index in [1.165, 1.54) is 0 Å². The summed E-state index contributed by atoms with van der Waals surface area (Å²) in [5.41, 5.74) is 2.14. The number of carbonyl (C=O) groups excluding carboxylic acids is 1. The maximum atomic E-state index is 11.9. The van der Waals surface area contributed by atoms with Crippen LogP contribution in [0.3, 0.4) is 0 Å². The van der Waals surface area contributed by atoms with Crippen LogP contribution in [0.25, 0.3) is 0 Å². The SMILES string of the molecule is Cc1nn(C)cc1CN1CCCC(Br)C1=O. The summed E-state index contributed by atoms with van der Waals surface area (Å²) in [6.07, 6.45) is 4.00. The first kappa shape index (κ1) is 11.6. The summed E-state index contributed by atoms with van der Waals surface area (Å²) in [6.45, 7) is 3.52. The molecule has 5 heteroatoms. The van der Waals surface area contributed by atoms with Crippen molar-refractivity contribution in [2.24, 2.45) is 7.05 Å². The standard InChI is InChI=1S/C11H16BrN3O/c1-8-9(6-14(2)13-8)7-15-5-3-4-10(12)11(15)16/h6,10H,3-5,7H2,1-2H3. The largest absolute Gasteiger partial charge is 0.337 e. The van der Waals surface area contributed by atoms with Crippen molar-refractivity contribution >= 4 is 21.8 Å². The molecule has 1 fully saturated rings. The topological polar surface area (TPSA) is 38.1 Å². The van der Waals surface area contributed by atoms with Crippen LogP contribution in [-0.2, 0) is 18.4 Å². The van der Waals surface area contributed by atoms with E-state index in [0.717, 1.165) is 30.6 Å². The molecule has 0 bridgehead atoms. The third-order valence-corrected chi connectivity index (χ3v) is 3.79. The molecule has 1 unspecified atom stereocenters. The number of halogens is 1. The third kappa shape index (κ3) is 2.29. The Morgan fingerprint density at radius 1 is 1.62 bits per heavy atom. The van der Waals surface area contributed by atoms with Crippen molar-refractivity contribution in [3.63, 3.8) is 0 Å². The summed E-state index contributed by atoms with van der Waals surface area (Å²) in [7, 11) is 1.90. The Bertz CT molecular complexity index is 402. The Hall–Kier alpha value is -0.840. The fourth-order valence-corrected chi connectivity index (χ4v) is 2.67. The molecule has 0 aliphatic carbocycles. The van der Waals surface area contributed by atoms with Crippen molar-refractivity contribution in [3.05, 3.63) is 17.5 Å². The smallest absolute Gasteiger partial charge is 0.236 e. The Kier molecular flexibility index (Phi) is 3.33. The molecule has 88 valence electrons. The van der Waals surface area contributed by atoms with Crippen LogP contribution in [-0.4, -0.2) is 32.0 Å². The number of hydrogen-bond acceptors (Lipinski definition) is 2. The molecule has 0 saturated carbocycles. The Morgan fingerprint density at radius 3 is 3.00 bits per heavy atom. The number of alkyl halides is 1. The number of amides is 1. The van der Waals surface area contributed by atoms with Crippen molar-refractivity contribution in [2.45, 2.75) is 31.1 Å². The van der Waals surface area contributed by atoms with Gasteiger partial charge in [-0.3, -0.25) is 9.48 Å². The molecular weight excluding hydrogens is 270 g/mol. The molecule has 1 atom stereocenters. The Morgan fingerprint density at radius 2 is 2.38 bits per heavy atom. The number of hydrogen-bond donors (Lipinski definition) is 0. The molecule has 16 heavy (non-hydrogen) atoms. The number of nitrogens with zero attached hydrogens (tertiary/aromatic N) is 3. The molecule has 0 radical (unpaired) electrons. The zero-order valence-corrected chi connectivity index (χ0v) is 11.2. The predicted molar refractivity (Wildman–Crippen MR) is 65.3 cm³/mol. The maximum Gasteiger partial charge on any atom is 0.236 e. The highest BCUT2D eigenvalue weighted by atomic mass is 79.9. The first-order valence-electron chi connectivity index (χ1n) is 5.50. The van der Waals surface area contributed by atoms with Crippen LogP contribution < -0.4 is 0 Å². The van der Waals surface area contributed by atoms with E-state index in [1.807, 2.05) is 25.1 Å². The van der Waals surface area contributed by atoms with E-state index in [2.05, 4.69) is 21.0 Å². The summed E-state index contributed by atoms with van der Waals surface area (Å²) in [5.74, 6) is 0.203. The highest BCUT2D eigenvalue weighted by Crippen LogP contribution is 2.20. The molecule has 0 aromatic carbocycles. The average molecular weight is 286 g/mol. The van der Waals surface area contributed by atoms with Crippen LogP contribution in [0, 0.1) is 6.92 Å². The minimum atomic E-state index is -0.00164. The summed E-state index contributed by atoms with van der Waals surface area (Å²) in [4.78, 5) is 13.8. The lowest BCUT2D eigenvalue weighted by Crippen LogP contribution is -2.41. The van der Waals surface area contributed by atoms with Gasteiger partial charge in [-0.05, 0) is 19.8 Å². The van der Waals surface area contributed by atoms with Crippen LogP contribution in [0.5, 0.6) is 0 Å². The van der Waals surface area contributed by atoms with Gasteiger partial charge in [-0.2, -0.15) is 5.10 Å². The van der Waals surface area contributed by atoms with Gasteiger partial charge in [-0.15, -0.1) is 0 Å². The normalized spacial score (nSPS) is 21.6. The van der Waals surface area contributed by atoms with Crippen molar-refractivity contribution < 1.29 is 4.79 Å². The van der Waals surface area contributed by atoms with E-state index in [0.29, 0.717) is 6.54 Å². The molecule has 1 aromatic rings. The molecule has 0 N–H and O–H groups in total. The van der Waals surface area contributed by atoms with Gasteiger partial charge in [-0.25, -0.2) is 0 Å². The van der Waals surface area contributed by atoms with Crippen LogP contribution >= 0.6 is 15.9 Å². The number of aromatic nitrogens is 2. The van der Waals surface area contributed by atoms with Gasteiger partial charge in [0.15, 0.2) is 0 Å². The minimum Gasteiger partial charge on any atom is -0.337 e. The van der Waals surface area contributed by atoms with E-state index in [9.17, 15) is 4.79 Å². The average Bonchev–Trinajstić information content (AvgIpc) is 2.53. The highest BCUT2D eigenvalue weighted by Gasteiger charge is 2.26. The number of rotatable bonds is 2. The van der Waals surface area contributed by atoms with Gasteiger partial charge in [0.25, 0.3) is 0 Å². The zero-order chi connectivity index (χ0) is 11.7. The number of likely N-dealkylation sites (tertiary alicyclic amines) is 1. The monoisotopic (exact) mass is 285 g/mol. The van der Waals surface area contributed by atoms with E-state index < -0.39 is 0 Å². The van der Waals surface area contributed by atoms with Gasteiger partial charge in [0.05, 0.1) is 10.5 Å². The molecule has 1 aliphatic heterocycles. The lowest BCUT2D eigenvalue weighted by atomic mass is 10.1. The minimum absolute atomic E-state index is 0.00164. The van der Waals surface area contributed by atoms with Crippen molar-refractivity contribution in [3.8, 4) is 0 Å². The summed E-state index contributed by atoms with van der Waals surface area (Å²) >= 11 is 3.42. The number of piperidine rings is 1. The summed E-state index contributed by atoms with van der Waals surface area (Å²) in [6, 6.07) is 0. The van der Waals surface area contributed by atoms with Gasteiger partial charge in [-0.1, -0.05) is 15.9 Å². The molecule has 0 spiro atoms. The lowest BCUT2D eigenvalue weighted by Gasteiger charge is -2.29. The number of aryl methyl sites for hydroxylation is 2. The van der Waals surface area contributed by atoms with E-state index in [-0.39, 0.29) is 10.7 Å². The van der Waals surface area contributed by atoms with Crippen LogP contribution in [0.2, 0.25) is 0 Å². The zero-order valence-electron chi connectivity index (χ0n) is 9.61. The Balaban J connectivity index is 2.09. The van der Waals surface area contributed by atoms with Gasteiger partial charge in [0.1, 0.15) is 0 Å². The molecule has 2 rings (SSSR count). The molecule has 1 aliphatic rings. The first-order valence-corrected chi connectivity index (χ1v) is 6.41. The summed E-state index contributed by atoms with van der Waals surface area (Å²) in [5, 5.41) is 4.29. The van der Waals surface area contributed by atoms with Crippen LogP contribution in [0.4, 0.5) is 0 Å². The second-order valence-corrected chi connectivity index (χ2v) is 5.39. The van der Waals surface area contributed by atoms with E-state index in [1.54, 1.807) is 4.68 Å². The predicted octanol–water partition coefficient (Wildman–Crippen LogP) is 1.61. The molecular formula is C11H16BrN3O. The highest BCUT2D eigenvalue weighted by molar-refractivity contribution is 9.10. The molecule has 1 amide bonds. The van der Waals surface area contributed by atoms with E-state index >= 15 is 0 Å². The quantitative estimate of drug-likeness (QED) is 0.775. The van der Waals surface area contributed by atoms with Crippen LogP contribution in [0.15, 0.2) is 6.20 Å². The maximum absolute atomic E-state index is 11.9.